The van der Waals surface area contributed by atoms with Gasteiger partial charge in [0.1, 0.15) is 0 Å². The smallest absolute Gasteiger partial charge is 0.0914 e. The fraction of sp³-hybridized carbons (Fsp3) is 0.333. The average molecular weight is 301 g/mol. The molecule has 2 aromatic rings. The minimum absolute atomic E-state index is 0.337. The van der Waals surface area contributed by atoms with Crippen LogP contribution >= 0.6 is 11.8 Å². The highest BCUT2D eigenvalue weighted by Crippen LogP contribution is 2.16. The summed E-state index contributed by atoms with van der Waals surface area (Å²) >= 11 is 1.76. The van der Waals surface area contributed by atoms with Crippen LogP contribution in [0.15, 0.2) is 59.5 Å². The molecule has 0 saturated heterocycles. The van der Waals surface area contributed by atoms with Gasteiger partial charge in [-0.25, -0.2) is 0 Å². The second-order valence-corrected chi connectivity index (χ2v) is 6.17. The molecule has 0 spiro atoms. The second kappa shape index (κ2) is 8.23. The minimum atomic E-state index is -0.451. The van der Waals surface area contributed by atoms with Crippen LogP contribution in [0.5, 0.6) is 0 Å². The van der Waals surface area contributed by atoms with Crippen LogP contribution in [0.25, 0.3) is 0 Å². The molecular formula is C18H23NOS. The van der Waals surface area contributed by atoms with Gasteiger partial charge in [0.15, 0.2) is 0 Å². The van der Waals surface area contributed by atoms with Crippen LogP contribution in [-0.4, -0.2) is 23.9 Å². The molecule has 2 N–H and O–H groups in total. The van der Waals surface area contributed by atoms with Gasteiger partial charge in [0.2, 0.25) is 0 Å². The number of aliphatic hydroxyl groups is 1. The minimum Gasteiger partial charge on any atom is -0.387 e. The molecular weight excluding hydrogens is 278 g/mol. The fourth-order valence-corrected chi connectivity index (χ4v) is 2.70. The summed E-state index contributed by atoms with van der Waals surface area (Å²) in [6, 6.07) is 18.8. The Morgan fingerprint density at radius 2 is 1.71 bits per heavy atom. The number of hydrogen-bond donors (Lipinski definition) is 2. The van der Waals surface area contributed by atoms with Gasteiger partial charge in [-0.1, -0.05) is 42.5 Å². The van der Waals surface area contributed by atoms with E-state index in [-0.39, 0.29) is 0 Å². The van der Waals surface area contributed by atoms with Crippen molar-refractivity contribution >= 4 is 11.8 Å². The molecule has 112 valence electrons. The Morgan fingerprint density at radius 3 is 2.33 bits per heavy atom. The Kier molecular flexibility index (Phi) is 6.30. The maximum absolute atomic E-state index is 10.1. The SMILES string of the molecule is CSc1ccc(C[C@@H](C)NC[C@H](O)c2ccccc2)cc1. The van der Waals surface area contributed by atoms with Crippen molar-refractivity contribution in [3.63, 3.8) is 0 Å². The van der Waals surface area contributed by atoms with Gasteiger partial charge in [-0.3, -0.25) is 0 Å². The van der Waals surface area contributed by atoms with Crippen molar-refractivity contribution < 1.29 is 5.11 Å². The Hall–Kier alpha value is -1.29. The van der Waals surface area contributed by atoms with E-state index in [1.807, 2.05) is 30.3 Å². The topological polar surface area (TPSA) is 32.3 Å². The highest BCUT2D eigenvalue weighted by atomic mass is 32.2. The number of benzene rings is 2. The molecule has 0 aliphatic heterocycles. The summed E-state index contributed by atoms with van der Waals surface area (Å²) in [5, 5.41) is 13.5. The van der Waals surface area contributed by atoms with E-state index >= 15 is 0 Å². The second-order valence-electron chi connectivity index (χ2n) is 5.29. The van der Waals surface area contributed by atoms with Gasteiger partial charge in [-0.2, -0.15) is 0 Å². The van der Waals surface area contributed by atoms with Crippen molar-refractivity contribution in [3.8, 4) is 0 Å². The zero-order valence-electron chi connectivity index (χ0n) is 12.6. The van der Waals surface area contributed by atoms with Crippen LogP contribution in [0.4, 0.5) is 0 Å². The summed E-state index contributed by atoms with van der Waals surface area (Å²) in [6.45, 7) is 2.73. The third-order valence-corrected chi connectivity index (χ3v) is 4.29. The molecule has 0 amide bonds. The lowest BCUT2D eigenvalue weighted by Crippen LogP contribution is -2.32. The van der Waals surface area contributed by atoms with E-state index in [1.165, 1.54) is 10.5 Å². The summed E-state index contributed by atoms with van der Waals surface area (Å²) in [4.78, 5) is 1.29. The highest BCUT2D eigenvalue weighted by Gasteiger charge is 2.09. The van der Waals surface area contributed by atoms with Crippen molar-refractivity contribution in [1.29, 1.82) is 0 Å². The molecule has 0 fully saturated rings. The van der Waals surface area contributed by atoms with Crippen LogP contribution < -0.4 is 5.32 Å². The maximum atomic E-state index is 10.1. The Bertz CT molecular complexity index is 527. The summed E-state index contributed by atoms with van der Waals surface area (Å²) in [5.41, 5.74) is 2.28. The summed E-state index contributed by atoms with van der Waals surface area (Å²) in [7, 11) is 0. The lowest BCUT2D eigenvalue weighted by Gasteiger charge is -2.17. The van der Waals surface area contributed by atoms with E-state index in [0.29, 0.717) is 12.6 Å². The molecule has 21 heavy (non-hydrogen) atoms. The molecule has 0 aromatic heterocycles. The fourth-order valence-electron chi connectivity index (χ4n) is 2.29. The van der Waals surface area contributed by atoms with Crippen LogP contribution in [0.2, 0.25) is 0 Å². The summed E-state index contributed by atoms with van der Waals surface area (Å²) in [6.07, 6.45) is 2.60. The molecule has 0 bridgehead atoms. The molecule has 0 aliphatic carbocycles. The van der Waals surface area contributed by atoms with Crippen molar-refractivity contribution in [2.45, 2.75) is 30.4 Å². The first-order chi connectivity index (χ1) is 10.2. The van der Waals surface area contributed by atoms with Gasteiger partial charge in [0.25, 0.3) is 0 Å². The molecule has 0 unspecified atom stereocenters. The number of rotatable bonds is 7. The predicted octanol–water partition coefficient (Wildman–Crippen LogP) is 3.66. The Balaban J connectivity index is 1.80. The molecule has 0 heterocycles. The van der Waals surface area contributed by atoms with Crippen molar-refractivity contribution in [1.82, 2.24) is 5.32 Å². The third-order valence-electron chi connectivity index (χ3n) is 3.54. The first-order valence-corrected chi connectivity index (χ1v) is 8.51. The Morgan fingerprint density at radius 1 is 1.05 bits per heavy atom. The summed E-state index contributed by atoms with van der Waals surface area (Å²) < 4.78 is 0. The molecule has 2 rings (SSSR count). The zero-order chi connectivity index (χ0) is 15.1. The number of nitrogens with one attached hydrogen (secondary N) is 1. The molecule has 0 saturated carbocycles. The quantitative estimate of drug-likeness (QED) is 0.766. The van der Waals surface area contributed by atoms with Crippen LogP contribution in [0.1, 0.15) is 24.2 Å². The number of aliphatic hydroxyl groups excluding tert-OH is 1. The van der Waals surface area contributed by atoms with Gasteiger partial charge in [-0.05, 0) is 42.9 Å². The third kappa shape index (κ3) is 5.20. The predicted molar refractivity (Wildman–Crippen MR) is 90.8 cm³/mol. The number of hydrogen-bond acceptors (Lipinski definition) is 3. The van der Waals surface area contributed by atoms with Crippen LogP contribution in [-0.2, 0) is 6.42 Å². The van der Waals surface area contributed by atoms with Crippen LogP contribution in [0.3, 0.4) is 0 Å². The van der Waals surface area contributed by atoms with E-state index in [1.54, 1.807) is 11.8 Å². The monoisotopic (exact) mass is 301 g/mol. The van der Waals surface area contributed by atoms with Crippen molar-refractivity contribution in [2.24, 2.45) is 0 Å². The lowest BCUT2D eigenvalue weighted by molar-refractivity contribution is 0.170. The normalized spacial score (nSPS) is 13.9. The zero-order valence-corrected chi connectivity index (χ0v) is 13.4. The number of thioether (sulfide) groups is 1. The molecule has 0 aliphatic rings. The van der Waals surface area contributed by atoms with E-state index in [4.69, 9.17) is 0 Å². The average Bonchev–Trinajstić information content (AvgIpc) is 2.54. The first-order valence-electron chi connectivity index (χ1n) is 7.28. The standard InChI is InChI=1S/C18H23NOS/c1-14(12-15-8-10-17(21-2)11-9-15)19-13-18(20)16-6-4-3-5-7-16/h3-11,14,18-20H,12-13H2,1-2H3/t14-,18+/m1/s1. The van der Waals surface area contributed by atoms with E-state index in [2.05, 4.69) is 42.8 Å². The largest absolute Gasteiger partial charge is 0.387 e. The van der Waals surface area contributed by atoms with Crippen LogP contribution in [0, 0.1) is 0 Å². The molecule has 3 heteroatoms. The van der Waals surface area contributed by atoms with Gasteiger partial charge in [-0.15, -0.1) is 11.8 Å². The lowest BCUT2D eigenvalue weighted by atomic mass is 10.1. The van der Waals surface area contributed by atoms with E-state index in [0.717, 1.165) is 12.0 Å². The van der Waals surface area contributed by atoms with Crippen molar-refractivity contribution in [3.05, 3.63) is 65.7 Å². The molecule has 2 atom stereocenters. The van der Waals surface area contributed by atoms with E-state index < -0.39 is 6.10 Å². The Labute approximate surface area is 131 Å². The molecule has 0 radical (unpaired) electrons. The van der Waals surface area contributed by atoms with Gasteiger partial charge < -0.3 is 10.4 Å². The molecule has 2 aromatic carbocycles. The maximum Gasteiger partial charge on any atom is 0.0914 e. The summed E-state index contributed by atoms with van der Waals surface area (Å²) in [5.74, 6) is 0. The van der Waals surface area contributed by atoms with Gasteiger partial charge >= 0.3 is 0 Å². The molecule has 2 nitrogen and oxygen atoms in total. The first kappa shape index (κ1) is 16.1. The van der Waals surface area contributed by atoms with Gasteiger partial charge in [0, 0.05) is 17.5 Å². The van der Waals surface area contributed by atoms with Gasteiger partial charge in [0.05, 0.1) is 6.10 Å². The van der Waals surface area contributed by atoms with E-state index in [9.17, 15) is 5.11 Å². The highest BCUT2D eigenvalue weighted by molar-refractivity contribution is 7.98. The van der Waals surface area contributed by atoms with Crippen molar-refractivity contribution in [2.75, 3.05) is 12.8 Å².